The Balaban J connectivity index is 1.35. The summed E-state index contributed by atoms with van der Waals surface area (Å²) in [5.41, 5.74) is 2.12. The van der Waals surface area contributed by atoms with Gasteiger partial charge in [-0.2, -0.15) is 0 Å². The van der Waals surface area contributed by atoms with Gasteiger partial charge < -0.3 is 24.4 Å². The van der Waals surface area contributed by atoms with Crippen molar-refractivity contribution in [2.75, 3.05) is 58.4 Å². The van der Waals surface area contributed by atoms with Crippen LogP contribution in [0.25, 0.3) is 6.08 Å². The fraction of sp³-hybridized carbons (Fsp3) is 0.444. The van der Waals surface area contributed by atoms with Crippen molar-refractivity contribution >= 4 is 17.7 Å². The van der Waals surface area contributed by atoms with Crippen LogP contribution < -0.4 is 24.4 Å². The van der Waals surface area contributed by atoms with Gasteiger partial charge in [0.15, 0.2) is 11.5 Å². The maximum atomic E-state index is 12.2. The molecule has 184 valence electrons. The van der Waals surface area contributed by atoms with E-state index in [-0.39, 0.29) is 12.0 Å². The van der Waals surface area contributed by atoms with E-state index in [1.807, 2.05) is 44.2 Å². The topological polar surface area (TPSA) is 63.3 Å². The quantitative estimate of drug-likeness (QED) is 0.400. The fourth-order valence-corrected chi connectivity index (χ4v) is 3.91. The number of methoxy groups -OCH3 is 2. The number of piperazine rings is 1. The standard InChI is InChI=1S/C27H37N3O4/c1-21(2)34-25-12-6-22(20-26(25)33-4)7-13-27(31)28-14-5-15-29-16-18-30(19-17-29)23-8-10-24(32-3)11-9-23/h6-13,20-21H,5,14-19H2,1-4H3,(H,28,31)/b13-7+. The number of hydrogen-bond acceptors (Lipinski definition) is 6. The average molecular weight is 468 g/mol. The van der Waals surface area contributed by atoms with Crippen LogP contribution in [-0.4, -0.2) is 70.4 Å². The molecular weight excluding hydrogens is 430 g/mol. The molecule has 0 aliphatic carbocycles. The van der Waals surface area contributed by atoms with Crippen LogP contribution in [-0.2, 0) is 4.79 Å². The summed E-state index contributed by atoms with van der Waals surface area (Å²) in [5, 5.41) is 2.97. The Morgan fingerprint density at radius 3 is 2.38 bits per heavy atom. The lowest BCUT2D eigenvalue weighted by Gasteiger charge is -2.36. The number of amides is 1. The molecule has 0 unspecified atom stereocenters. The van der Waals surface area contributed by atoms with Gasteiger partial charge in [-0.15, -0.1) is 0 Å². The molecule has 0 atom stereocenters. The first-order valence-corrected chi connectivity index (χ1v) is 11.9. The Labute approximate surface area is 203 Å². The van der Waals surface area contributed by atoms with E-state index in [2.05, 4.69) is 27.2 Å². The van der Waals surface area contributed by atoms with E-state index in [9.17, 15) is 4.79 Å². The number of carbonyl (C=O) groups is 1. The maximum Gasteiger partial charge on any atom is 0.243 e. The number of carbonyl (C=O) groups excluding carboxylic acids is 1. The molecule has 1 saturated heterocycles. The SMILES string of the molecule is COc1ccc(N2CCN(CCCNC(=O)/C=C/c3ccc(OC(C)C)c(OC)c3)CC2)cc1. The summed E-state index contributed by atoms with van der Waals surface area (Å²) in [6.07, 6.45) is 4.34. The molecule has 0 bridgehead atoms. The molecule has 34 heavy (non-hydrogen) atoms. The van der Waals surface area contributed by atoms with E-state index in [1.54, 1.807) is 26.4 Å². The summed E-state index contributed by atoms with van der Waals surface area (Å²) >= 11 is 0. The third-order valence-corrected chi connectivity index (χ3v) is 5.74. The smallest absolute Gasteiger partial charge is 0.243 e. The van der Waals surface area contributed by atoms with E-state index in [0.29, 0.717) is 18.0 Å². The van der Waals surface area contributed by atoms with E-state index in [0.717, 1.165) is 50.5 Å². The molecule has 0 radical (unpaired) electrons. The number of anilines is 1. The molecule has 1 N–H and O–H groups in total. The second kappa shape index (κ2) is 12.9. The number of rotatable bonds is 11. The zero-order valence-electron chi connectivity index (χ0n) is 20.8. The molecule has 1 heterocycles. The zero-order valence-corrected chi connectivity index (χ0v) is 20.8. The molecule has 3 rings (SSSR count). The van der Waals surface area contributed by atoms with Crippen molar-refractivity contribution in [1.29, 1.82) is 0 Å². The van der Waals surface area contributed by atoms with Gasteiger partial charge >= 0.3 is 0 Å². The van der Waals surface area contributed by atoms with Gasteiger partial charge in [0.05, 0.1) is 20.3 Å². The number of benzene rings is 2. The lowest BCUT2D eigenvalue weighted by atomic mass is 10.2. The van der Waals surface area contributed by atoms with Crippen LogP contribution in [0.3, 0.4) is 0 Å². The summed E-state index contributed by atoms with van der Waals surface area (Å²) in [7, 11) is 3.30. The van der Waals surface area contributed by atoms with Crippen LogP contribution in [0.4, 0.5) is 5.69 Å². The normalized spacial score (nSPS) is 14.4. The predicted octanol–water partition coefficient (Wildman–Crippen LogP) is 3.83. The summed E-state index contributed by atoms with van der Waals surface area (Å²) in [5.74, 6) is 2.14. The molecule has 0 aromatic heterocycles. The first kappa shape index (κ1) is 25.4. The fourth-order valence-electron chi connectivity index (χ4n) is 3.91. The molecule has 0 spiro atoms. The van der Waals surface area contributed by atoms with Crippen LogP contribution in [0.15, 0.2) is 48.5 Å². The molecule has 1 fully saturated rings. The van der Waals surface area contributed by atoms with Crippen LogP contribution in [0, 0.1) is 0 Å². The highest BCUT2D eigenvalue weighted by atomic mass is 16.5. The maximum absolute atomic E-state index is 12.2. The number of nitrogens with zero attached hydrogens (tertiary/aromatic N) is 2. The number of hydrogen-bond donors (Lipinski definition) is 1. The highest BCUT2D eigenvalue weighted by Crippen LogP contribution is 2.29. The predicted molar refractivity (Wildman–Crippen MR) is 137 cm³/mol. The Hall–Kier alpha value is -3.19. The van der Waals surface area contributed by atoms with Crippen molar-refractivity contribution in [2.24, 2.45) is 0 Å². The summed E-state index contributed by atoms with van der Waals surface area (Å²) in [6.45, 7) is 9.65. The zero-order chi connectivity index (χ0) is 24.3. The largest absolute Gasteiger partial charge is 0.497 e. The Morgan fingerprint density at radius 2 is 1.74 bits per heavy atom. The average Bonchev–Trinajstić information content (AvgIpc) is 2.86. The van der Waals surface area contributed by atoms with Gasteiger partial charge in [0, 0.05) is 44.5 Å². The minimum atomic E-state index is -0.0919. The second-order valence-corrected chi connectivity index (χ2v) is 8.58. The van der Waals surface area contributed by atoms with E-state index in [4.69, 9.17) is 14.2 Å². The summed E-state index contributed by atoms with van der Waals surface area (Å²) < 4.78 is 16.4. The lowest BCUT2D eigenvalue weighted by Crippen LogP contribution is -2.47. The minimum Gasteiger partial charge on any atom is -0.497 e. The van der Waals surface area contributed by atoms with Crippen molar-refractivity contribution in [3.05, 3.63) is 54.1 Å². The molecule has 7 heteroatoms. The van der Waals surface area contributed by atoms with Gasteiger partial charge in [-0.1, -0.05) is 6.07 Å². The van der Waals surface area contributed by atoms with Crippen LogP contribution >= 0.6 is 0 Å². The molecule has 0 saturated carbocycles. The summed E-state index contributed by atoms with van der Waals surface area (Å²) in [4.78, 5) is 17.1. The molecule has 7 nitrogen and oxygen atoms in total. The van der Waals surface area contributed by atoms with Crippen molar-refractivity contribution < 1.29 is 19.0 Å². The minimum absolute atomic E-state index is 0.0680. The molecule has 1 aliphatic heterocycles. The highest BCUT2D eigenvalue weighted by Gasteiger charge is 2.16. The first-order chi connectivity index (χ1) is 16.5. The lowest BCUT2D eigenvalue weighted by molar-refractivity contribution is -0.116. The van der Waals surface area contributed by atoms with Crippen LogP contribution in [0.5, 0.6) is 17.2 Å². The molecule has 2 aromatic rings. The van der Waals surface area contributed by atoms with Crippen LogP contribution in [0.1, 0.15) is 25.8 Å². The van der Waals surface area contributed by atoms with Gasteiger partial charge in [-0.3, -0.25) is 9.69 Å². The third kappa shape index (κ3) is 7.70. The van der Waals surface area contributed by atoms with Crippen molar-refractivity contribution in [2.45, 2.75) is 26.4 Å². The van der Waals surface area contributed by atoms with E-state index in [1.165, 1.54) is 5.69 Å². The van der Waals surface area contributed by atoms with Gasteiger partial charge in [0.2, 0.25) is 5.91 Å². The van der Waals surface area contributed by atoms with Gasteiger partial charge in [-0.25, -0.2) is 0 Å². The Bertz CT molecular complexity index is 935. The van der Waals surface area contributed by atoms with Gasteiger partial charge in [0.25, 0.3) is 0 Å². The van der Waals surface area contributed by atoms with Gasteiger partial charge in [0.1, 0.15) is 5.75 Å². The Morgan fingerprint density at radius 1 is 1.00 bits per heavy atom. The van der Waals surface area contributed by atoms with Crippen LogP contribution in [0.2, 0.25) is 0 Å². The van der Waals surface area contributed by atoms with Crippen molar-refractivity contribution in [1.82, 2.24) is 10.2 Å². The number of nitrogens with one attached hydrogen (secondary N) is 1. The number of ether oxygens (including phenoxy) is 3. The monoisotopic (exact) mass is 467 g/mol. The molecule has 2 aromatic carbocycles. The Kier molecular flexibility index (Phi) is 9.64. The molecule has 1 aliphatic rings. The van der Waals surface area contributed by atoms with Crippen molar-refractivity contribution in [3.8, 4) is 17.2 Å². The molecule has 1 amide bonds. The first-order valence-electron chi connectivity index (χ1n) is 11.9. The summed E-state index contributed by atoms with van der Waals surface area (Å²) in [6, 6.07) is 13.9. The second-order valence-electron chi connectivity index (χ2n) is 8.58. The van der Waals surface area contributed by atoms with E-state index < -0.39 is 0 Å². The third-order valence-electron chi connectivity index (χ3n) is 5.74. The van der Waals surface area contributed by atoms with Crippen molar-refractivity contribution in [3.63, 3.8) is 0 Å². The molecular formula is C27H37N3O4. The van der Waals surface area contributed by atoms with E-state index >= 15 is 0 Å². The highest BCUT2D eigenvalue weighted by molar-refractivity contribution is 5.91. The van der Waals surface area contributed by atoms with Gasteiger partial charge in [-0.05, 0) is 74.9 Å².